The molecule has 1 aromatic carbocycles. The zero-order valence-electron chi connectivity index (χ0n) is 11.5. The van der Waals surface area contributed by atoms with Gasteiger partial charge in [-0.25, -0.2) is 4.98 Å². The normalized spacial score (nSPS) is 11.0. The van der Waals surface area contributed by atoms with Gasteiger partial charge in [-0.1, -0.05) is 28.9 Å². The number of nitrogens with zero attached hydrogens (tertiary/aromatic N) is 3. The Morgan fingerprint density at radius 2 is 1.85 bits per heavy atom. The van der Waals surface area contributed by atoms with Gasteiger partial charge in [0, 0.05) is 24.7 Å². The third-order valence-corrected chi connectivity index (χ3v) is 3.44. The first-order chi connectivity index (χ1) is 9.56. The van der Waals surface area contributed by atoms with E-state index in [0.29, 0.717) is 10.6 Å². The molecular weight excluding hydrogens is 274 g/mol. The lowest BCUT2D eigenvalue weighted by Gasteiger charge is -2.13. The average Bonchev–Trinajstić information content (AvgIpc) is 2.80. The van der Waals surface area contributed by atoms with Gasteiger partial charge < -0.3 is 9.42 Å². The fourth-order valence-corrected chi connectivity index (χ4v) is 2.24. The number of anilines is 1. The van der Waals surface area contributed by atoms with E-state index in [1.165, 1.54) is 0 Å². The van der Waals surface area contributed by atoms with Crippen LogP contribution < -0.4 is 4.90 Å². The summed E-state index contributed by atoms with van der Waals surface area (Å²) in [6, 6.07) is 9.63. The van der Waals surface area contributed by atoms with Gasteiger partial charge in [0.05, 0.1) is 11.4 Å². The molecule has 0 aliphatic carbocycles. The molecule has 3 aromatic rings. The maximum atomic E-state index is 5.93. The number of benzene rings is 1. The van der Waals surface area contributed by atoms with Crippen LogP contribution in [-0.4, -0.2) is 24.2 Å². The zero-order chi connectivity index (χ0) is 14.3. The Bertz CT molecular complexity index is 763. The van der Waals surface area contributed by atoms with Crippen LogP contribution in [-0.2, 0) is 0 Å². The van der Waals surface area contributed by atoms with Crippen molar-refractivity contribution in [1.29, 1.82) is 0 Å². The first kappa shape index (κ1) is 12.9. The molecule has 0 unspecified atom stereocenters. The molecule has 2 heterocycles. The van der Waals surface area contributed by atoms with Gasteiger partial charge in [0.1, 0.15) is 11.2 Å². The van der Waals surface area contributed by atoms with Crippen molar-refractivity contribution in [3.8, 4) is 11.3 Å². The van der Waals surface area contributed by atoms with E-state index in [1.54, 1.807) is 0 Å². The number of aromatic nitrogens is 2. The van der Waals surface area contributed by atoms with Gasteiger partial charge in [0.2, 0.25) is 5.58 Å². The highest BCUT2D eigenvalue weighted by Gasteiger charge is 2.15. The standard InChI is InChI=1S/C15H14ClN3O/c1-9-14-15(20-18-9)13(19(2)3)8-12(17-14)10-4-6-11(16)7-5-10/h4-8H,1-3H3. The molecule has 0 saturated carbocycles. The number of hydrogen-bond acceptors (Lipinski definition) is 4. The van der Waals surface area contributed by atoms with E-state index in [-0.39, 0.29) is 0 Å². The molecule has 0 spiro atoms. The fraction of sp³-hybridized carbons (Fsp3) is 0.200. The Kier molecular flexibility index (Phi) is 3.10. The number of hydrogen-bond donors (Lipinski definition) is 0. The summed E-state index contributed by atoms with van der Waals surface area (Å²) in [5.41, 5.74) is 5.15. The number of aryl methyl sites for hydroxylation is 1. The largest absolute Gasteiger partial charge is 0.374 e. The highest BCUT2D eigenvalue weighted by molar-refractivity contribution is 6.30. The lowest BCUT2D eigenvalue weighted by atomic mass is 10.1. The first-order valence-electron chi connectivity index (χ1n) is 6.26. The second-order valence-electron chi connectivity index (χ2n) is 4.87. The van der Waals surface area contributed by atoms with E-state index in [1.807, 2.05) is 56.3 Å². The van der Waals surface area contributed by atoms with Crippen LogP contribution >= 0.6 is 11.6 Å². The molecule has 0 bridgehead atoms. The quantitative estimate of drug-likeness (QED) is 0.716. The summed E-state index contributed by atoms with van der Waals surface area (Å²) in [6.45, 7) is 1.89. The van der Waals surface area contributed by atoms with Crippen molar-refractivity contribution in [3.05, 3.63) is 41.0 Å². The number of halogens is 1. The molecule has 0 radical (unpaired) electrons. The highest BCUT2D eigenvalue weighted by atomic mass is 35.5. The minimum Gasteiger partial charge on any atom is -0.374 e. The van der Waals surface area contributed by atoms with Gasteiger partial charge in [-0.2, -0.15) is 0 Å². The Balaban J connectivity index is 2.26. The van der Waals surface area contributed by atoms with Crippen molar-refractivity contribution < 1.29 is 4.52 Å². The summed E-state index contributed by atoms with van der Waals surface area (Å²) in [7, 11) is 3.94. The van der Waals surface area contributed by atoms with E-state index in [2.05, 4.69) is 10.1 Å². The summed E-state index contributed by atoms with van der Waals surface area (Å²) in [4.78, 5) is 6.65. The van der Waals surface area contributed by atoms with Gasteiger partial charge in [-0.15, -0.1) is 0 Å². The van der Waals surface area contributed by atoms with Crippen LogP contribution in [0.2, 0.25) is 5.02 Å². The summed E-state index contributed by atoms with van der Waals surface area (Å²) >= 11 is 5.93. The average molecular weight is 288 g/mol. The highest BCUT2D eigenvalue weighted by Crippen LogP contribution is 2.31. The third kappa shape index (κ3) is 2.12. The molecule has 2 aromatic heterocycles. The van der Waals surface area contributed by atoms with E-state index in [0.717, 1.165) is 28.2 Å². The molecule has 5 heteroatoms. The molecule has 0 fully saturated rings. The molecule has 4 nitrogen and oxygen atoms in total. The van der Waals surface area contributed by atoms with Gasteiger partial charge in [-0.3, -0.25) is 0 Å². The second-order valence-corrected chi connectivity index (χ2v) is 5.31. The number of rotatable bonds is 2. The maximum absolute atomic E-state index is 5.93. The monoisotopic (exact) mass is 287 g/mol. The van der Waals surface area contributed by atoms with Crippen LogP contribution in [0.15, 0.2) is 34.9 Å². The Hall–Kier alpha value is -2.07. The van der Waals surface area contributed by atoms with Gasteiger partial charge in [-0.05, 0) is 25.1 Å². The minimum atomic E-state index is 0.712. The lowest BCUT2D eigenvalue weighted by molar-refractivity contribution is 0.450. The van der Waals surface area contributed by atoms with E-state index < -0.39 is 0 Å². The molecule has 0 atom stereocenters. The first-order valence-corrected chi connectivity index (χ1v) is 6.64. The SMILES string of the molecule is Cc1noc2c(N(C)C)cc(-c3ccc(Cl)cc3)nc12. The maximum Gasteiger partial charge on any atom is 0.208 e. The van der Waals surface area contributed by atoms with Crippen molar-refractivity contribution in [2.45, 2.75) is 6.92 Å². The predicted octanol–water partition coefficient (Wildman–Crippen LogP) is 3.92. The topological polar surface area (TPSA) is 42.2 Å². The van der Waals surface area contributed by atoms with Gasteiger partial charge in [0.25, 0.3) is 0 Å². The Morgan fingerprint density at radius 1 is 1.15 bits per heavy atom. The molecule has 0 saturated heterocycles. The lowest BCUT2D eigenvalue weighted by Crippen LogP contribution is -2.09. The predicted molar refractivity (Wildman–Crippen MR) is 81.3 cm³/mol. The van der Waals surface area contributed by atoms with Crippen molar-refractivity contribution in [3.63, 3.8) is 0 Å². The Morgan fingerprint density at radius 3 is 2.50 bits per heavy atom. The summed E-state index contributed by atoms with van der Waals surface area (Å²) < 4.78 is 5.38. The smallest absolute Gasteiger partial charge is 0.208 e. The zero-order valence-corrected chi connectivity index (χ0v) is 12.3. The molecule has 102 valence electrons. The Labute approximate surface area is 122 Å². The summed E-state index contributed by atoms with van der Waals surface area (Å²) in [5.74, 6) is 0. The van der Waals surface area contributed by atoms with Crippen molar-refractivity contribution in [2.24, 2.45) is 0 Å². The second kappa shape index (κ2) is 4.80. The molecule has 0 aliphatic heterocycles. The van der Waals surface area contributed by atoms with Crippen molar-refractivity contribution >= 4 is 28.4 Å². The molecule has 0 N–H and O–H groups in total. The number of pyridine rings is 1. The van der Waals surface area contributed by atoms with Crippen LogP contribution in [0.3, 0.4) is 0 Å². The van der Waals surface area contributed by atoms with Crippen LogP contribution in [0.25, 0.3) is 22.4 Å². The van der Waals surface area contributed by atoms with E-state index >= 15 is 0 Å². The van der Waals surface area contributed by atoms with Crippen molar-refractivity contribution in [2.75, 3.05) is 19.0 Å². The number of fused-ring (bicyclic) bond motifs is 1. The molecule has 3 rings (SSSR count). The molecule has 20 heavy (non-hydrogen) atoms. The van der Waals surface area contributed by atoms with Crippen molar-refractivity contribution in [1.82, 2.24) is 10.1 Å². The van der Waals surface area contributed by atoms with E-state index in [9.17, 15) is 0 Å². The minimum absolute atomic E-state index is 0.712. The van der Waals surface area contributed by atoms with Crippen LogP contribution in [0.4, 0.5) is 5.69 Å². The molecule has 0 aliphatic rings. The van der Waals surface area contributed by atoms with Crippen LogP contribution in [0.5, 0.6) is 0 Å². The van der Waals surface area contributed by atoms with Gasteiger partial charge in [0.15, 0.2) is 0 Å². The summed E-state index contributed by atoms with van der Waals surface area (Å²) in [6.07, 6.45) is 0. The van der Waals surface area contributed by atoms with E-state index in [4.69, 9.17) is 16.1 Å². The van der Waals surface area contributed by atoms with Gasteiger partial charge >= 0.3 is 0 Å². The molecular formula is C15H14ClN3O. The van der Waals surface area contributed by atoms with Crippen LogP contribution in [0, 0.1) is 6.92 Å². The third-order valence-electron chi connectivity index (χ3n) is 3.19. The fourth-order valence-electron chi connectivity index (χ4n) is 2.11. The summed E-state index contributed by atoms with van der Waals surface area (Å²) in [5, 5.41) is 4.71. The molecule has 0 amide bonds. The van der Waals surface area contributed by atoms with Crippen LogP contribution in [0.1, 0.15) is 5.69 Å².